The molecule has 0 saturated carbocycles. The zero-order chi connectivity index (χ0) is 11.4. The first-order chi connectivity index (χ1) is 7.79. The van der Waals surface area contributed by atoms with Gasteiger partial charge in [0.25, 0.3) is 0 Å². The number of thiophene rings is 1. The third-order valence-electron chi connectivity index (χ3n) is 1.81. The van der Waals surface area contributed by atoms with Gasteiger partial charge in [-0.3, -0.25) is 0 Å². The van der Waals surface area contributed by atoms with Crippen LogP contribution in [0.4, 0.5) is 5.95 Å². The molecule has 0 amide bonds. The molecule has 0 aliphatic rings. The number of ether oxygens (including phenoxy) is 1. The molecule has 2 rings (SSSR count). The molecule has 0 atom stereocenters. The predicted octanol–water partition coefficient (Wildman–Crippen LogP) is 1.97. The van der Waals surface area contributed by atoms with Gasteiger partial charge in [0, 0.05) is 0 Å². The Morgan fingerprint density at radius 2 is 2.25 bits per heavy atom. The number of hydrogen-bond acceptors (Lipinski definition) is 6. The summed E-state index contributed by atoms with van der Waals surface area (Å²) in [6.07, 6.45) is 0.903. The molecule has 0 aliphatic carbocycles. The molecule has 2 aromatic heterocycles. The molecular weight excluding hydrogens is 224 g/mol. The van der Waals surface area contributed by atoms with Crippen LogP contribution in [0, 0.1) is 0 Å². The Balaban J connectivity index is 2.29. The van der Waals surface area contributed by atoms with Gasteiger partial charge in [0.15, 0.2) is 5.82 Å². The van der Waals surface area contributed by atoms with Gasteiger partial charge in [-0.05, 0) is 17.9 Å². The van der Waals surface area contributed by atoms with Crippen LogP contribution >= 0.6 is 11.3 Å². The number of nitrogens with zero attached hydrogens (tertiary/aromatic N) is 3. The summed E-state index contributed by atoms with van der Waals surface area (Å²) in [5.41, 5.74) is 5.60. The van der Waals surface area contributed by atoms with Crippen LogP contribution in [-0.4, -0.2) is 21.6 Å². The van der Waals surface area contributed by atoms with Gasteiger partial charge in [0.2, 0.25) is 5.95 Å². The van der Waals surface area contributed by atoms with E-state index >= 15 is 0 Å². The highest BCUT2D eigenvalue weighted by Crippen LogP contribution is 2.22. The first-order valence-corrected chi connectivity index (χ1v) is 5.86. The van der Waals surface area contributed by atoms with Crippen LogP contribution in [0.3, 0.4) is 0 Å². The Labute approximate surface area is 97.3 Å². The standard InChI is InChI=1S/C10H12N4OS/c1-2-5-15-10-13-8(12-9(11)14-10)7-4-3-6-16-7/h3-4,6H,2,5H2,1H3,(H2,11,12,13,14). The summed E-state index contributed by atoms with van der Waals surface area (Å²) < 4.78 is 5.34. The number of nitrogens with two attached hydrogens (primary N) is 1. The number of aromatic nitrogens is 3. The van der Waals surface area contributed by atoms with E-state index in [1.165, 1.54) is 0 Å². The maximum Gasteiger partial charge on any atom is 0.321 e. The van der Waals surface area contributed by atoms with Gasteiger partial charge in [-0.25, -0.2) is 0 Å². The normalized spacial score (nSPS) is 10.3. The van der Waals surface area contributed by atoms with E-state index < -0.39 is 0 Å². The monoisotopic (exact) mass is 236 g/mol. The molecule has 6 heteroatoms. The van der Waals surface area contributed by atoms with Crippen LogP contribution in [0.5, 0.6) is 6.01 Å². The van der Waals surface area contributed by atoms with Crippen LogP contribution in [0.2, 0.25) is 0 Å². The Morgan fingerprint density at radius 3 is 2.94 bits per heavy atom. The number of nitrogen functional groups attached to an aromatic ring is 1. The second-order valence-electron chi connectivity index (χ2n) is 3.13. The van der Waals surface area contributed by atoms with E-state index in [9.17, 15) is 0 Å². The molecule has 0 bridgehead atoms. The van der Waals surface area contributed by atoms with Crippen molar-refractivity contribution in [3.05, 3.63) is 17.5 Å². The number of hydrogen-bond donors (Lipinski definition) is 1. The SMILES string of the molecule is CCCOc1nc(N)nc(-c2cccs2)n1. The first kappa shape index (κ1) is 10.8. The lowest BCUT2D eigenvalue weighted by molar-refractivity contribution is 0.292. The third kappa shape index (κ3) is 2.46. The van der Waals surface area contributed by atoms with Crippen molar-refractivity contribution in [3.63, 3.8) is 0 Å². The van der Waals surface area contributed by atoms with Gasteiger partial charge in [-0.2, -0.15) is 15.0 Å². The fraction of sp³-hybridized carbons (Fsp3) is 0.300. The predicted molar refractivity (Wildman–Crippen MR) is 63.3 cm³/mol. The lowest BCUT2D eigenvalue weighted by Gasteiger charge is -2.04. The second kappa shape index (κ2) is 4.89. The van der Waals surface area contributed by atoms with Crippen molar-refractivity contribution < 1.29 is 4.74 Å². The fourth-order valence-electron chi connectivity index (χ4n) is 1.15. The third-order valence-corrected chi connectivity index (χ3v) is 2.67. The summed E-state index contributed by atoms with van der Waals surface area (Å²) in [5.74, 6) is 0.748. The maximum atomic E-state index is 5.60. The highest BCUT2D eigenvalue weighted by atomic mass is 32.1. The van der Waals surface area contributed by atoms with E-state index in [0.29, 0.717) is 12.4 Å². The summed E-state index contributed by atoms with van der Waals surface area (Å²) in [4.78, 5) is 13.1. The van der Waals surface area contributed by atoms with E-state index in [1.54, 1.807) is 11.3 Å². The molecule has 2 aromatic rings. The van der Waals surface area contributed by atoms with Gasteiger partial charge >= 0.3 is 6.01 Å². The lowest BCUT2D eigenvalue weighted by Crippen LogP contribution is -2.05. The Hall–Kier alpha value is -1.69. The smallest absolute Gasteiger partial charge is 0.321 e. The summed E-state index contributed by atoms with van der Waals surface area (Å²) >= 11 is 1.55. The average molecular weight is 236 g/mol. The topological polar surface area (TPSA) is 73.9 Å². The highest BCUT2D eigenvalue weighted by molar-refractivity contribution is 7.13. The van der Waals surface area contributed by atoms with Crippen LogP contribution in [0.25, 0.3) is 10.7 Å². The highest BCUT2D eigenvalue weighted by Gasteiger charge is 2.07. The van der Waals surface area contributed by atoms with Crippen LogP contribution in [-0.2, 0) is 0 Å². The molecule has 0 unspecified atom stereocenters. The quantitative estimate of drug-likeness (QED) is 0.878. The minimum absolute atomic E-state index is 0.185. The van der Waals surface area contributed by atoms with E-state index in [1.807, 2.05) is 24.4 Å². The van der Waals surface area contributed by atoms with Crippen molar-refractivity contribution in [1.29, 1.82) is 0 Å². The molecule has 16 heavy (non-hydrogen) atoms. The molecule has 2 N–H and O–H groups in total. The van der Waals surface area contributed by atoms with Crippen LogP contribution in [0.1, 0.15) is 13.3 Å². The van der Waals surface area contributed by atoms with Crippen molar-refractivity contribution in [2.75, 3.05) is 12.3 Å². The van der Waals surface area contributed by atoms with E-state index in [-0.39, 0.29) is 12.0 Å². The largest absolute Gasteiger partial charge is 0.463 e. The molecule has 0 spiro atoms. The Bertz CT molecular complexity index is 458. The van der Waals surface area contributed by atoms with Gasteiger partial charge in [0.05, 0.1) is 11.5 Å². The van der Waals surface area contributed by atoms with Crippen molar-refractivity contribution >= 4 is 17.3 Å². The minimum Gasteiger partial charge on any atom is -0.463 e. The van der Waals surface area contributed by atoms with E-state index in [2.05, 4.69) is 15.0 Å². The molecular formula is C10H12N4OS. The summed E-state index contributed by atoms with van der Waals surface area (Å²) in [6, 6.07) is 4.16. The minimum atomic E-state index is 0.185. The van der Waals surface area contributed by atoms with E-state index in [0.717, 1.165) is 11.3 Å². The van der Waals surface area contributed by atoms with Crippen molar-refractivity contribution in [1.82, 2.24) is 15.0 Å². The summed E-state index contributed by atoms with van der Waals surface area (Å²) in [5, 5.41) is 1.96. The van der Waals surface area contributed by atoms with Gasteiger partial charge in [-0.1, -0.05) is 13.0 Å². The fourth-order valence-corrected chi connectivity index (χ4v) is 1.80. The lowest BCUT2D eigenvalue weighted by atomic mass is 10.4. The summed E-state index contributed by atoms with van der Waals surface area (Å²) in [7, 11) is 0. The molecule has 0 aliphatic heterocycles. The van der Waals surface area contributed by atoms with Crippen molar-refractivity contribution in [3.8, 4) is 16.7 Å². The average Bonchev–Trinajstić information content (AvgIpc) is 2.79. The van der Waals surface area contributed by atoms with Crippen LogP contribution < -0.4 is 10.5 Å². The molecule has 0 fully saturated rings. The van der Waals surface area contributed by atoms with Gasteiger partial charge in [-0.15, -0.1) is 11.3 Å². The zero-order valence-electron chi connectivity index (χ0n) is 8.88. The molecule has 0 saturated heterocycles. The Kier molecular flexibility index (Phi) is 3.31. The molecule has 0 radical (unpaired) electrons. The van der Waals surface area contributed by atoms with Crippen molar-refractivity contribution in [2.45, 2.75) is 13.3 Å². The Morgan fingerprint density at radius 1 is 1.38 bits per heavy atom. The number of rotatable bonds is 4. The first-order valence-electron chi connectivity index (χ1n) is 4.98. The van der Waals surface area contributed by atoms with Crippen LogP contribution in [0.15, 0.2) is 17.5 Å². The number of anilines is 1. The molecule has 2 heterocycles. The maximum absolute atomic E-state index is 5.60. The van der Waals surface area contributed by atoms with Crippen molar-refractivity contribution in [2.24, 2.45) is 0 Å². The van der Waals surface area contributed by atoms with Gasteiger partial charge < -0.3 is 10.5 Å². The van der Waals surface area contributed by atoms with E-state index in [4.69, 9.17) is 10.5 Å². The molecule has 0 aromatic carbocycles. The molecule has 84 valence electrons. The molecule has 5 nitrogen and oxygen atoms in total. The second-order valence-corrected chi connectivity index (χ2v) is 4.07. The van der Waals surface area contributed by atoms with Gasteiger partial charge in [0.1, 0.15) is 0 Å². The summed E-state index contributed by atoms with van der Waals surface area (Å²) in [6.45, 7) is 2.60. The zero-order valence-corrected chi connectivity index (χ0v) is 9.70.